The molecule has 2 saturated heterocycles. The van der Waals surface area contributed by atoms with E-state index in [2.05, 4.69) is 59.1 Å². The molecule has 2 nitrogen and oxygen atoms in total. The highest BCUT2D eigenvalue weighted by atomic mass is 79.9. The maximum Gasteiger partial charge on any atom is 0.0377 e. The molecule has 2 heterocycles. The van der Waals surface area contributed by atoms with Crippen LogP contribution in [0.15, 0.2) is 16.6 Å². The van der Waals surface area contributed by atoms with E-state index in [4.69, 9.17) is 0 Å². The molecule has 3 heteroatoms. The van der Waals surface area contributed by atoms with Crippen molar-refractivity contribution < 1.29 is 0 Å². The molecule has 116 valence electrons. The van der Waals surface area contributed by atoms with E-state index >= 15 is 0 Å². The van der Waals surface area contributed by atoms with Crippen LogP contribution in [0.2, 0.25) is 0 Å². The number of hydrogen-bond acceptors (Lipinski definition) is 2. The Kier molecular flexibility index (Phi) is 4.60. The minimum Gasteiger partial charge on any atom is -0.365 e. The fourth-order valence-corrected chi connectivity index (χ4v) is 4.56. The van der Waals surface area contributed by atoms with E-state index in [1.165, 1.54) is 53.4 Å². The largest absolute Gasteiger partial charge is 0.365 e. The standard InChI is InChI=1S/C18H27BrN2/c1-4-20-14-10-15-6-5-7-16(11-14)21(15)17-8-12(2)18(19)13(3)9-17/h8-9,14-16,20H,4-7,10-11H2,1-3H3. The molecule has 0 amide bonds. The molecular formula is C18H27BrN2. The van der Waals surface area contributed by atoms with Gasteiger partial charge in [-0.3, -0.25) is 0 Å². The number of nitrogens with zero attached hydrogens (tertiary/aromatic N) is 1. The Labute approximate surface area is 137 Å². The number of halogens is 1. The second-order valence-electron chi connectivity index (χ2n) is 6.77. The van der Waals surface area contributed by atoms with Crippen molar-refractivity contribution in [3.05, 3.63) is 27.7 Å². The first-order valence-electron chi connectivity index (χ1n) is 8.38. The van der Waals surface area contributed by atoms with E-state index in [9.17, 15) is 0 Å². The zero-order chi connectivity index (χ0) is 15.0. The van der Waals surface area contributed by atoms with Crippen LogP contribution < -0.4 is 10.2 Å². The minimum absolute atomic E-state index is 0.721. The van der Waals surface area contributed by atoms with Gasteiger partial charge in [0.2, 0.25) is 0 Å². The quantitative estimate of drug-likeness (QED) is 0.858. The number of anilines is 1. The van der Waals surface area contributed by atoms with Crippen LogP contribution in [0.1, 0.15) is 50.2 Å². The zero-order valence-electron chi connectivity index (χ0n) is 13.5. The summed E-state index contributed by atoms with van der Waals surface area (Å²) < 4.78 is 1.26. The van der Waals surface area contributed by atoms with Crippen molar-refractivity contribution in [2.75, 3.05) is 11.4 Å². The lowest BCUT2D eigenvalue weighted by molar-refractivity contribution is 0.247. The van der Waals surface area contributed by atoms with Crippen LogP contribution in [0.4, 0.5) is 5.69 Å². The summed E-state index contributed by atoms with van der Waals surface area (Å²) in [5.41, 5.74) is 4.16. The van der Waals surface area contributed by atoms with Gasteiger partial charge in [0, 0.05) is 28.3 Å². The van der Waals surface area contributed by atoms with Gasteiger partial charge in [-0.2, -0.15) is 0 Å². The highest BCUT2D eigenvalue weighted by Crippen LogP contribution is 2.39. The van der Waals surface area contributed by atoms with Crippen LogP contribution in [0.25, 0.3) is 0 Å². The summed E-state index contributed by atoms with van der Waals surface area (Å²) in [5, 5.41) is 3.68. The molecule has 1 aromatic carbocycles. The molecule has 2 bridgehead atoms. The third-order valence-corrected chi connectivity index (χ3v) is 6.44. The van der Waals surface area contributed by atoms with Crippen LogP contribution >= 0.6 is 15.9 Å². The predicted octanol–water partition coefficient (Wildman–Crippen LogP) is 4.57. The van der Waals surface area contributed by atoms with Crippen LogP contribution in [-0.2, 0) is 0 Å². The van der Waals surface area contributed by atoms with Gasteiger partial charge >= 0.3 is 0 Å². The van der Waals surface area contributed by atoms with Crippen LogP contribution in [0, 0.1) is 13.8 Å². The van der Waals surface area contributed by atoms with Gasteiger partial charge in [-0.15, -0.1) is 0 Å². The first kappa shape index (κ1) is 15.4. The summed E-state index contributed by atoms with van der Waals surface area (Å²) >= 11 is 3.70. The fourth-order valence-electron chi connectivity index (χ4n) is 4.33. The molecular weight excluding hydrogens is 324 g/mol. The van der Waals surface area contributed by atoms with Crippen molar-refractivity contribution >= 4 is 21.6 Å². The number of benzene rings is 1. The van der Waals surface area contributed by atoms with Gasteiger partial charge in [-0.05, 0) is 75.8 Å². The maximum atomic E-state index is 3.70. The van der Waals surface area contributed by atoms with Crippen molar-refractivity contribution in [1.29, 1.82) is 0 Å². The van der Waals surface area contributed by atoms with Crippen molar-refractivity contribution in [2.45, 2.75) is 71.0 Å². The lowest BCUT2D eigenvalue weighted by Gasteiger charge is -2.50. The van der Waals surface area contributed by atoms with E-state index in [1.54, 1.807) is 0 Å². The number of rotatable bonds is 3. The average Bonchev–Trinajstić information content (AvgIpc) is 2.43. The molecule has 1 N–H and O–H groups in total. The van der Waals surface area contributed by atoms with Crippen molar-refractivity contribution in [1.82, 2.24) is 5.32 Å². The number of aryl methyl sites for hydroxylation is 2. The highest BCUT2D eigenvalue weighted by molar-refractivity contribution is 9.10. The molecule has 0 radical (unpaired) electrons. The Bertz CT molecular complexity index is 477. The molecule has 2 aliphatic rings. The third kappa shape index (κ3) is 3.00. The summed E-state index contributed by atoms with van der Waals surface area (Å²) in [6, 6.07) is 6.91. The molecule has 2 fully saturated rings. The topological polar surface area (TPSA) is 15.3 Å². The second-order valence-corrected chi connectivity index (χ2v) is 7.56. The molecule has 2 atom stereocenters. The Balaban J connectivity index is 1.88. The van der Waals surface area contributed by atoms with Gasteiger partial charge in [0.25, 0.3) is 0 Å². The summed E-state index contributed by atoms with van der Waals surface area (Å²) in [6.45, 7) is 7.74. The molecule has 0 spiro atoms. The Hall–Kier alpha value is -0.540. The molecule has 0 aliphatic carbocycles. The van der Waals surface area contributed by atoms with E-state index in [-0.39, 0.29) is 0 Å². The molecule has 0 aromatic heterocycles. The van der Waals surface area contributed by atoms with E-state index in [0.717, 1.165) is 24.7 Å². The monoisotopic (exact) mass is 350 g/mol. The van der Waals surface area contributed by atoms with E-state index < -0.39 is 0 Å². The van der Waals surface area contributed by atoms with Crippen molar-refractivity contribution in [3.8, 4) is 0 Å². The second kappa shape index (κ2) is 6.29. The zero-order valence-corrected chi connectivity index (χ0v) is 15.0. The maximum absolute atomic E-state index is 3.70. The highest BCUT2D eigenvalue weighted by Gasteiger charge is 2.38. The van der Waals surface area contributed by atoms with Gasteiger partial charge < -0.3 is 10.2 Å². The Morgan fingerprint density at radius 2 is 1.71 bits per heavy atom. The molecule has 2 unspecified atom stereocenters. The number of piperidine rings is 2. The predicted molar refractivity (Wildman–Crippen MR) is 94.2 cm³/mol. The molecule has 1 aromatic rings. The number of fused-ring (bicyclic) bond motifs is 2. The smallest absolute Gasteiger partial charge is 0.0377 e. The molecule has 21 heavy (non-hydrogen) atoms. The average molecular weight is 351 g/mol. The lowest BCUT2D eigenvalue weighted by atomic mass is 9.81. The normalized spacial score (nSPS) is 28.8. The Morgan fingerprint density at radius 1 is 1.14 bits per heavy atom. The number of hydrogen-bond donors (Lipinski definition) is 1. The van der Waals surface area contributed by atoms with E-state index in [1.807, 2.05) is 0 Å². The summed E-state index contributed by atoms with van der Waals surface area (Å²) in [4.78, 5) is 2.74. The first-order chi connectivity index (χ1) is 10.1. The van der Waals surface area contributed by atoms with E-state index in [0.29, 0.717) is 0 Å². The van der Waals surface area contributed by atoms with Crippen molar-refractivity contribution in [3.63, 3.8) is 0 Å². The minimum atomic E-state index is 0.721. The van der Waals surface area contributed by atoms with Gasteiger partial charge in [0.15, 0.2) is 0 Å². The molecule has 2 aliphatic heterocycles. The first-order valence-corrected chi connectivity index (χ1v) is 9.18. The Morgan fingerprint density at radius 3 is 2.24 bits per heavy atom. The van der Waals surface area contributed by atoms with Gasteiger partial charge in [0.05, 0.1) is 0 Å². The number of nitrogens with one attached hydrogen (secondary N) is 1. The third-order valence-electron chi connectivity index (χ3n) is 5.19. The lowest BCUT2D eigenvalue weighted by Crippen LogP contribution is -2.56. The van der Waals surface area contributed by atoms with Gasteiger partial charge in [-0.1, -0.05) is 22.9 Å². The fraction of sp³-hybridized carbons (Fsp3) is 0.667. The van der Waals surface area contributed by atoms with Gasteiger partial charge in [0.1, 0.15) is 0 Å². The summed E-state index contributed by atoms with van der Waals surface area (Å²) in [7, 11) is 0. The summed E-state index contributed by atoms with van der Waals surface area (Å²) in [6.07, 6.45) is 6.72. The van der Waals surface area contributed by atoms with Crippen molar-refractivity contribution in [2.24, 2.45) is 0 Å². The molecule has 3 rings (SSSR count). The van der Waals surface area contributed by atoms with Crippen LogP contribution in [-0.4, -0.2) is 24.7 Å². The van der Waals surface area contributed by atoms with Gasteiger partial charge in [-0.25, -0.2) is 0 Å². The SMILES string of the molecule is CCNC1CC2CCCC(C1)N2c1cc(C)c(Br)c(C)c1. The summed E-state index contributed by atoms with van der Waals surface area (Å²) in [5.74, 6) is 0. The van der Waals surface area contributed by atoms with Crippen LogP contribution in [0.3, 0.4) is 0 Å². The molecule has 0 saturated carbocycles. The van der Waals surface area contributed by atoms with Crippen LogP contribution in [0.5, 0.6) is 0 Å².